The van der Waals surface area contributed by atoms with Crippen molar-refractivity contribution in [3.05, 3.63) is 57.5 Å². The number of anilines is 2. The average molecular weight is 397 g/mol. The molecule has 9 heteroatoms. The molecule has 0 fully saturated rings. The van der Waals surface area contributed by atoms with E-state index in [1.165, 1.54) is 18.3 Å². The zero-order valence-electron chi connectivity index (χ0n) is 14.5. The molecule has 0 radical (unpaired) electrons. The Morgan fingerprint density at radius 1 is 1.26 bits per heavy atom. The van der Waals surface area contributed by atoms with Crippen molar-refractivity contribution in [1.82, 2.24) is 14.5 Å². The Hall–Kier alpha value is -2.61. The lowest BCUT2D eigenvalue weighted by Gasteiger charge is -2.16. The van der Waals surface area contributed by atoms with E-state index in [-0.39, 0.29) is 23.2 Å². The number of rotatable bonds is 4. The number of fused-ring (bicyclic) bond motifs is 1. The number of aromatic nitrogens is 3. The van der Waals surface area contributed by atoms with Gasteiger partial charge >= 0.3 is 6.18 Å². The Kier molecular flexibility index (Phi) is 5.10. The molecule has 1 N–H and O–H groups in total. The van der Waals surface area contributed by atoms with Crippen LogP contribution in [0.25, 0.3) is 11.0 Å². The second kappa shape index (κ2) is 7.19. The molecular formula is C18H16ClF3N4O. The largest absolute Gasteiger partial charge is 0.417 e. The standard InChI is InChI=1S/C18H16ClF3N4O/c1-3-10(2)26-15(27)7-4-11-9-23-17(25-16(11)26)24-12-5-6-14(19)13(8-12)18(20,21)22/h4-10H,3H2,1-2H3,(H,23,24,25). The highest BCUT2D eigenvalue weighted by Gasteiger charge is 2.33. The van der Waals surface area contributed by atoms with Crippen LogP contribution in [-0.4, -0.2) is 14.5 Å². The second-order valence-electron chi connectivity index (χ2n) is 6.09. The van der Waals surface area contributed by atoms with E-state index >= 15 is 0 Å². The fourth-order valence-electron chi connectivity index (χ4n) is 2.66. The molecule has 0 aliphatic carbocycles. The SMILES string of the molecule is CCC(C)n1c(=O)ccc2cnc(Nc3ccc(Cl)c(C(F)(F)F)c3)nc21. The molecular weight excluding hydrogens is 381 g/mol. The lowest BCUT2D eigenvalue weighted by Crippen LogP contribution is -2.23. The number of halogens is 4. The first kappa shape index (κ1) is 19.2. The Labute approximate surface area is 157 Å². The van der Waals surface area contributed by atoms with E-state index in [0.717, 1.165) is 18.6 Å². The molecule has 0 bridgehead atoms. The fourth-order valence-corrected chi connectivity index (χ4v) is 2.88. The first-order valence-corrected chi connectivity index (χ1v) is 8.60. The van der Waals surface area contributed by atoms with Gasteiger partial charge in [0.05, 0.1) is 10.6 Å². The number of benzene rings is 1. The molecule has 142 valence electrons. The van der Waals surface area contributed by atoms with Gasteiger partial charge < -0.3 is 5.32 Å². The highest BCUT2D eigenvalue weighted by atomic mass is 35.5. The Balaban J connectivity index is 2.05. The highest BCUT2D eigenvalue weighted by Crippen LogP contribution is 2.36. The van der Waals surface area contributed by atoms with Crippen molar-refractivity contribution >= 4 is 34.3 Å². The normalized spacial score (nSPS) is 13.0. The van der Waals surface area contributed by atoms with E-state index in [1.807, 2.05) is 13.8 Å². The topological polar surface area (TPSA) is 59.8 Å². The van der Waals surface area contributed by atoms with Crippen LogP contribution in [0.3, 0.4) is 0 Å². The van der Waals surface area contributed by atoms with Crippen LogP contribution in [0.15, 0.2) is 41.3 Å². The predicted molar refractivity (Wildman–Crippen MR) is 98.5 cm³/mol. The zero-order valence-corrected chi connectivity index (χ0v) is 15.3. The van der Waals surface area contributed by atoms with E-state index in [0.29, 0.717) is 11.0 Å². The van der Waals surface area contributed by atoms with E-state index in [1.54, 1.807) is 10.6 Å². The molecule has 0 aliphatic rings. The van der Waals surface area contributed by atoms with Crippen LogP contribution in [0.4, 0.5) is 24.8 Å². The van der Waals surface area contributed by atoms with E-state index in [2.05, 4.69) is 15.3 Å². The van der Waals surface area contributed by atoms with Gasteiger partial charge in [-0.15, -0.1) is 0 Å². The van der Waals surface area contributed by atoms with Crippen molar-refractivity contribution in [2.45, 2.75) is 32.5 Å². The first-order valence-electron chi connectivity index (χ1n) is 8.22. The maximum atomic E-state index is 13.0. The van der Waals surface area contributed by atoms with Gasteiger partial charge in [0.25, 0.3) is 5.56 Å². The maximum Gasteiger partial charge on any atom is 0.417 e. The van der Waals surface area contributed by atoms with Crippen molar-refractivity contribution in [3.8, 4) is 0 Å². The van der Waals surface area contributed by atoms with Crippen LogP contribution in [0.1, 0.15) is 31.9 Å². The monoisotopic (exact) mass is 396 g/mol. The number of alkyl halides is 3. The summed E-state index contributed by atoms with van der Waals surface area (Å²) in [6.45, 7) is 3.84. The molecule has 3 aromatic rings. The predicted octanol–water partition coefficient (Wildman–Crippen LogP) is 5.18. The van der Waals surface area contributed by atoms with Crippen molar-refractivity contribution in [2.75, 3.05) is 5.32 Å². The Morgan fingerprint density at radius 3 is 2.67 bits per heavy atom. The van der Waals surface area contributed by atoms with Crippen LogP contribution >= 0.6 is 11.6 Å². The summed E-state index contributed by atoms with van der Waals surface area (Å²) >= 11 is 5.63. The zero-order chi connectivity index (χ0) is 19.8. The van der Waals surface area contributed by atoms with Crippen LogP contribution in [0, 0.1) is 0 Å². The van der Waals surface area contributed by atoms with Crippen LogP contribution < -0.4 is 10.9 Å². The van der Waals surface area contributed by atoms with Crippen LogP contribution in [-0.2, 0) is 6.18 Å². The van der Waals surface area contributed by atoms with E-state index in [9.17, 15) is 18.0 Å². The number of nitrogens with zero attached hydrogens (tertiary/aromatic N) is 3. The summed E-state index contributed by atoms with van der Waals surface area (Å²) in [5.74, 6) is 0.0839. The molecule has 1 aromatic carbocycles. The van der Waals surface area contributed by atoms with Crippen LogP contribution in [0.5, 0.6) is 0 Å². The van der Waals surface area contributed by atoms with Gasteiger partial charge in [-0.1, -0.05) is 18.5 Å². The molecule has 2 aromatic heterocycles. The molecule has 5 nitrogen and oxygen atoms in total. The second-order valence-corrected chi connectivity index (χ2v) is 6.50. The third kappa shape index (κ3) is 3.90. The van der Waals surface area contributed by atoms with Gasteiger partial charge in [0.15, 0.2) is 0 Å². The van der Waals surface area contributed by atoms with Gasteiger partial charge in [-0.2, -0.15) is 18.2 Å². The summed E-state index contributed by atoms with van der Waals surface area (Å²) in [4.78, 5) is 20.7. The molecule has 1 unspecified atom stereocenters. The van der Waals surface area contributed by atoms with Gasteiger partial charge in [0.1, 0.15) is 5.65 Å². The minimum atomic E-state index is -4.57. The van der Waals surface area contributed by atoms with Crippen molar-refractivity contribution < 1.29 is 13.2 Å². The molecule has 0 spiro atoms. The van der Waals surface area contributed by atoms with Gasteiger partial charge in [0.2, 0.25) is 5.95 Å². The summed E-state index contributed by atoms with van der Waals surface area (Å²) in [6.07, 6.45) is -2.34. The van der Waals surface area contributed by atoms with Crippen molar-refractivity contribution in [1.29, 1.82) is 0 Å². The lowest BCUT2D eigenvalue weighted by molar-refractivity contribution is -0.137. The van der Waals surface area contributed by atoms with Gasteiger partial charge in [0, 0.05) is 29.4 Å². The molecule has 1 atom stereocenters. The summed E-state index contributed by atoms with van der Waals surface area (Å²) in [5.41, 5.74) is -0.599. The summed E-state index contributed by atoms with van der Waals surface area (Å²) in [6, 6.07) is 6.42. The number of nitrogens with one attached hydrogen (secondary N) is 1. The Bertz CT molecular complexity index is 1050. The number of pyridine rings is 1. The minimum absolute atomic E-state index is 0.0839. The highest BCUT2D eigenvalue weighted by molar-refractivity contribution is 6.31. The fraction of sp³-hybridized carbons (Fsp3) is 0.278. The van der Waals surface area contributed by atoms with Gasteiger partial charge in [-0.25, -0.2) is 4.98 Å². The molecule has 2 heterocycles. The lowest BCUT2D eigenvalue weighted by atomic mass is 10.2. The number of hydrogen-bond donors (Lipinski definition) is 1. The van der Waals surface area contributed by atoms with E-state index in [4.69, 9.17) is 11.6 Å². The molecule has 3 rings (SSSR count). The van der Waals surface area contributed by atoms with Gasteiger partial charge in [-0.05, 0) is 37.6 Å². The Morgan fingerprint density at radius 2 is 2.00 bits per heavy atom. The van der Waals surface area contributed by atoms with Crippen molar-refractivity contribution in [3.63, 3.8) is 0 Å². The molecule has 0 aliphatic heterocycles. The van der Waals surface area contributed by atoms with E-state index < -0.39 is 16.8 Å². The summed E-state index contributed by atoms with van der Waals surface area (Å²) in [5, 5.41) is 3.01. The van der Waals surface area contributed by atoms with Crippen molar-refractivity contribution in [2.24, 2.45) is 0 Å². The first-order chi connectivity index (χ1) is 12.7. The molecule has 0 saturated carbocycles. The third-order valence-corrected chi connectivity index (χ3v) is 4.56. The average Bonchev–Trinajstić information content (AvgIpc) is 2.61. The van der Waals surface area contributed by atoms with Crippen LogP contribution in [0.2, 0.25) is 5.02 Å². The van der Waals surface area contributed by atoms with Gasteiger partial charge in [-0.3, -0.25) is 9.36 Å². The summed E-state index contributed by atoms with van der Waals surface area (Å²) < 4.78 is 40.6. The smallest absolute Gasteiger partial charge is 0.324 e. The maximum absolute atomic E-state index is 13.0. The molecule has 0 amide bonds. The summed E-state index contributed by atoms with van der Waals surface area (Å²) in [7, 11) is 0. The molecule has 27 heavy (non-hydrogen) atoms. The minimum Gasteiger partial charge on any atom is -0.324 e. The molecule has 0 saturated heterocycles. The third-order valence-electron chi connectivity index (χ3n) is 4.23. The number of hydrogen-bond acceptors (Lipinski definition) is 4. The quantitative estimate of drug-likeness (QED) is 0.660.